The number of hydrogen-bond acceptors (Lipinski definition) is 5. The largest absolute Gasteiger partial charge is 0.369 e. The van der Waals surface area contributed by atoms with E-state index in [1.165, 1.54) is 0 Å². The Kier molecular flexibility index (Phi) is 9.09. The molecule has 0 aliphatic carbocycles. The van der Waals surface area contributed by atoms with E-state index in [1.807, 2.05) is 18.2 Å². The highest BCUT2D eigenvalue weighted by atomic mass is 15.0. The van der Waals surface area contributed by atoms with Crippen LogP contribution in [0.5, 0.6) is 0 Å². The normalized spacial score (nSPS) is 8.79. The standard InChI is InChI=1S/C7H11N3.C2H8N2/c8-4-6-10-7-3-1-2-5-9-7;3-1-2-4/h1-3,5H,4,6,8H2,(H,9,10);1-4H2. The topological polar surface area (TPSA) is 103 Å². The monoisotopic (exact) mass is 197 g/mol. The van der Waals surface area contributed by atoms with Gasteiger partial charge in [0.15, 0.2) is 0 Å². The van der Waals surface area contributed by atoms with Crippen LogP contribution in [-0.2, 0) is 0 Å². The van der Waals surface area contributed by atoms with E-state index in [0.29, 0.717) is 19.6 Å². The van der Waals surface area contributed by atoms with Crippen LogP contribution in [0, 0.1) is 0 Å². The summed E-state index contributed by atoms with van der Waals surface area (Å²) in [5.41, 5.74) is 15.1. The van der Waals surface area contributed by atoms with Gasteiger partial charge in [0.25, 0.3) is 0 Å². The minimum atomic E-state index is 0.597. The average Bonchev–Trinajstić information content (AvgIpc) is 2.28. The van der Waals surface area contributed by atoms with Crippen molar-refractivity contribution in [3.05, 3.63) is 24.4 Å². The van der Waals surface area contributed by atoms with Crippen LogP contribution in [0.3, 0.4) is 0 Å². The molecule has 1 aromatic heterocycles. The molecule has 0 bridgehead atoms. The predicted octanol–water partition coefficient (Wildman–Crippen LogP) is -0.644. The molecular weight excluding hydrogens is 178 g/mol. The maximum absolute atomic E-state index is 5.29. The van der Waals surface area contributed by atoms with Crippen LogP contribution in [0.15, 0.2) is 24.4 Å². The van der Waals surface area contributed by atoms with Gasteiger partial charge in [-0.3, -0.25) is 0 Å². The summed E-state index contributed by atoms with van der Waals surface area (Å²) in [6.07, 6.45) is 1.75. The fourth-order valence-corrected chi connectivity index (χ4v) is 0.668. The lowest BCUT2D eigenvalue weighted by Crippen LogP contribution is -2.13. The number of hydrogen-bond donors (Lipinski definition) is 4. The van der Waals surface area contributed by atoms with Crippen LogP contribution in [-0.4, -0.2) is 31.2 Å². The lowest BCUT2D eigenvalue weighted by Gasteiger charge is -2.00. The Bertz CT molecular complexity index is 200. The summed E-state index contributed by atoms with van der Waals surface area (Å²) in [5, 5.41) is 3.06. The molecule has 0 fully saturated rings. The Morgan fingerprint density at radius 1 is 1.07 bits per heavy atom. The average molecular weight is 197 g/mol. The lowest BCUT2D eigenvalue weighted by molar-refractivity contribution is 0.976. The SMILES string of the molecule is NCCN.NCCNc1ccccn1. The molecule has 0 saturated carbocycles. The molecule has 0 radical (unpaired) electrons. The van der Waals surface area contributed by atoms with Crippen molar-refractivity contribution >= 4 is 5.82 Å². The van der Waals surface area contributed by atoms with Gasteiger partial charge in [0.2, 0.25) is 0 Å². The van der Waals surface area contributed by atoms with Gasteiger partial charge >= 0.3 is 0 Å². The van der Waals surface area contributed by atoms with Crippen LogP contribution < -0.4 is 22.5 Å². The number of nitrogens with two attached hydrogens (primary N) is 3. The molecule has 0 spiro atoms. The van der Waals surface area contributed by atoms with Crippen molar-refractivity contribution in [2.24, 2.45) is 17.2 Å². The van der Waals surface area contributed by atoms with Crippen LogP contribution >= 0.6 is 0 Å². The fraction of sp³-hybridized carbons (Fsp3) is 0.444. The van der Waals surface area contributed by atoms with Crippen LogP contribution in [0.1, 0.15) is 0 Å². The van der Waals surface area contributed by atoms with Crippen molar-refractivity contribution in [1.29, 1.82) is 0 Å². The summed E-state index contributed by atoms with van der Waals surface area (Å²) in [6, 6.07) is 5.73. The summed E-state index contributed by atoms with van der Waals surface area (Å²) in [4.78, 5) is 4.05. The molecule has 1 aromatic rings. The molecule has 7 N–H and O–H groups in total. The van der Waals surface area contributed by atoms with Gasteiger partial charge < -0.3 is 22.5 Å². The van der Waals surface area contributed by atoms with E-state index in [4.69, 9.17) is 17.2 Å². The van der Waals surface area contributed by atoms with Gasteiger partial charge in [-0.15, -0.1) is 0 Å². The van der Waals surface area contributed by atoms with E-state index in [2.05, 4.69) is 10.3 Å². The molecular formula is C9H19N5. The summed E-state index contributed by atoms with van der Waals surface area (Å²) in [6.45, 7) is 2.60. The Morgan fingerprint density at radius 3 is 2.21 bits per heavy atom. The molecule has 0 saturated heterocycles. The zero-order chi connectivity index (χ0) is 10.6. The maximum atomic E-state index is 5.29. The van der Waals surface area contributed by atoms with Gasteiger partial charge in [-0.25, -0.2) is 4.98 Å². The highest BCUT2D eigenvalue weighted by molar-refractivity contribution is 5.32. The van der Waals surface area contributed by atoms with E-state index in [-0.39, 0.29) is 0 Å². The van der Waals surface area contributed by atoms with E-state index in [9.17, 15) is 0 Å². The Hall–Kier alpha value is -1.17. The fourth-order valence-electron chi connectivity index (χ4n) is 0.668. The highest BCUT2D eigenvalue weighted by Gasteiger charge is 1.85. The van der Waals surface area contributed by atoms with Crippen LogP contribution in [0.2, 0.25) is 0 Å². The molecule has 1 rings (SSSR count). The number of anilines is 1. The summed E-state index contributed by atoms with van der Waals surface area (Å²) < 4.78 is 0. The molecule has 5 heteroatoms. The Balaban J connectivity index is 0.000000364. The second kappa shape index (κ2) is 9.91. The first-order chi connectivity index (χ1) is 6.85. The minimum absolute atomic E-state index is 0.597. The second-order valence-corrected chi connectivity index (χ2v) is 2.51. The van der Waals surface area contributed by atoms with Gasteiger partial charge in [0, 0.05) is 32.4 Å². The zero-order valence-electron chi connectivity index (χ0n) is 8.32. The molecule has 80 valence electrons. The van der Waals surface area contributed by atoms with E-state index >= 15 is 0 Å². The summed E-state index contributed by atoms with van der Waals surface area (Å²) in [7, 11) is 0. The van der Waals surface area contributed by atoms with Crippen molar-refractivity contribution < 1.29 is 0 Å². The Labute approximate surface area is 84.7 Å². The molecule has 5 nitrogen and oxygen atoms in total. The molecule has 0 atom stereocenters. The third kappa shape index (κ3) is 7.48. The minimum Gasteiger partial charge on any atom is -0.369 e. The van der Waals surface area contributed by atoms with Crippen molar-refractivity contribution in [3.8, 4) is 0 Å². The number of nitrogens with zero attached hydrogens (tertiary/aromatic N) is 1. The summed E-state index contributed by atoms with van der Waals surface area (Å²) >= 11 is 0. The van der Waals surface area contributed by atoms with Crippen molar-refractivity contribution in [2.75, 3.05) is 31.5 Å². The van der Waals surface area contributed by atoms with Crippen LogP contribution in [0.25, 0.3) is 0 Å². The van der Waals surface area contributed by atoms with Crippen molar-refractivity contribution in [1.82, 2.24) is 4.98 Å². The number of aromatic nitrogens is 1. The molecule has 0 aromatic carbocycles. The van der Waals surface area contributed by atoms with Gasteiger partial charge in [0.05, 0.1) is 0 Å². The number of nitrogens with one attached hydrogen (secondary N) is 1. The maximum Gasteiger partial charge on any atom is 0.125 e. The van der Waals surface area contributed by atoms with Crippen LogP contribution in [0.4, 0.5) is 5.82 Å². The predicted molar refractivity (Wildman–Crippen MR) is 59.9 cm³/mol. The molecule has 0 unspecified atom stereocenters. The molecule has 1 heterocycles. The highest BCUT2D eigenvalue weighted by Crippen LogP contribution is 1.97. The lowest BCUT2D eigenvalue weighted by atomic mass is 10.4. The van der Waals surface area contributed by atoms with Crippen molar-refractivity contribution in [2.45, 2.75) is 0 Å². The quantitative estimate of drug-likeness (QED) is 0.514. The second-order valence-electron chi connectivity index (χ2n) is 2.51. The first kappa shape index (κ1) is 12.8. The van der Waals surface area contributed by atoms with Gasteiger partial charge in [-0.1, -0.05) is 6.07 Å². The first-order valence-electron chi connectivity index (χ1n) is 4.60. The van der Waals surface area contributed by atoms with E-state index < -0.39 is 0 Å². The van der Waals surface area contributed by atoms with Crippen molar-refractivity contribution in [3.63, 3.8) is 0 Å². The number of pyridine rings is 1. The zero-order valence-corrected chi connectivity index (χ0v) is 8.32. The third-order valence-corrected chi connectivity index (χ3v) is 1.28. The van der Waals surface area contributed by atoms with Gasteiger partial charge in [-0.2, -0.15) is 0 Å². The van der Waals surface area contributed by atoms with Gasteiger partial charge in [0.1, 0.15) is 5.82 Å². The first-order valence-corrected chi connectivity index (χ1v) is 4.60. The molecule has 0 amide bonds. The summed E-state index contributed by atoms with van der Waals surface area (Å²) in [5.74, 6) is 0.882. The molecule has 14 heavy (non-hydrogen) atoms. The van der Waals surface area contributed by atoms with E-state index in [1.54, 1.807) is 6.20 Å². The molecule has 0 aliphatic rings. The smallest absolute Gasteiger partial charge is 0.125 e. The molecule has 0 aliphatic heterocycles. The Morgan fingerprint density at radius 2 is 1.79 bits per heavy atom. The van der Waals surface area contributed by atoms with E-state index in [0.717, 1.165) is 12.4 Å². The van der Waals surface area contributed by atoms with Gasteiger partial charge in [-0.05, 0) is 12.1 Å². The third-order valence-electron chi connectivity index (χ3n) is 1.28. The number of rotatable bonds is 4.